The van der Waals surface area contributed by atoms with E-state index in [1.54, 1.807) is 31.4 Å². The van der Waals surface area contributed by atoms with Crippen LogP contribution >= 0.6 is 11.3 Å². The average Bonchev–Trinajstić information content (AvgIpc) is 3.38. The Hall–Kier alpha value is -3.14. The molecule has 3 aromatic rings. The Morgan fingerprint density at radius 1 is 1.17 bits per heavy atom. The maximum absolute atomic E-state index is 12.9. The number of halogens is 3. The summed E-state index contributed by atoms with van der Waals surface area (Å²) in [6.45, 7) is 3.25. The quantitative estimate of drug-likeness (QED) is 0.603. The lowest BCUT2D eigenvalue weighted by molar-refractivity contribution is -0.137. The van der Waals surface area contributed by atoms with E-state index in [1.165, 1.54) is 23.5 Å². The fourth-order valence-electron chi connectivity index (χ4n) is 3.19. The summed E-state index contributed by atoms with van der Waals surface area (Å²) in [5, 5.41) is 4.81. The predicted octanol–water partition coefficient (Wildman–Crippen LogP) is 4.70. The van der Waals surface area contributed by atoms with Crippen LogP contribution in [0.25, 0.3) is 10.6 Å². The van der Waals surface area contributed by atoms with Gasteiger partial charge in [-0.3, -0.25) is 9.69 Å². The first-order valence-corrected chi connectivity index (χ1v) is 9.79. The molecule has 4 rings (SSSR count). The third kappa shape index (κ3) is 3.47. The van der Waals surface area contributed by atoms with Crippen LogP contribution in [-0.4, -0.2) is 21.8 Å². The van der Waals surface area contributed by atoms with E-state index in [0.717, 1.165) is 17.0 Å². The summed E-state index contributed by atoms with van der Waals surface area (Å²) in [6, 6.07) is 7.45. The van der Waals surface area contributed by atoms with Crippen LogP contribution < -0.4 is 5.32 Å². The second-order valence-electron chi connectivity index (χ2n) is 7.08. The van der Waals surface area contributed by atoms with Crippen LogP contribution in [0.5, 0.6) is 0 Å². The van der Waals surface area contributed by atoms with Crippen molar-refractivity contribution < 1.29 is 27.2 Å². The van der Waals surface area contributed by atoms with Crippen LogP contribution in [0, 0.1) is 6.92 Å². The highest BCUT2D eigenvalue weighted by atomic mass is 32.1. The third-order valence-electron chi connectivity index (χ3n) is 4.84. The zero-order valence-corrected chi connectivity index (χ0v) is 16.7. The summed E-state index contributed by atoms with van der Waals surface area (Å²) < 4.78 is 43.7. The molecule has 0 aliphatic carbocycles. The smallest absolute Gasteiger partial charge is 0.416 e. The molecule has 1 aromatic carbocycles. The molecule has 10 heteroatoms. The summed E-state index contributed by atoms with van der Waals surface area (Å²) in [5.41, 5.74) is -1.07. The van der Waals surface area contributed by atoms with Gasteiger partial charge in [-0.1, -0.05) is 12.1 Å². The lowest BCUT2D eigenvalue weighted by Gasteiger charge is -2.18. The van der Waals surface area contributed by atoms with Crippen molar-refractivity contribution in [2.45, 2.75) is 32.1 Å². The number of rotatable bonds is 4. The van der Waals surface area contributed by atoms with Gasteiger partial charge in [0.15, 0.2) is 5.54 Å². The molecule has 3 heterocycles. The van der Waals surface area contributed by atoms with E-state index in [-0.39, 0.29) is 6.54 Å². The molecule has 0 saturated carbocycles. The Labute approximate surface area is 173 Å². The summed E-state index contributed by atoms with van der Waals surface area (Å²) in [4.78, 5) is 30.7. The fourth-order valence-corrected chi connectivity index (χ4v) is 4.00. The normalized spacial score (nSPS) is 19.4. The number of amides is 3. The van der Waals surface area contributed by atoms with Crippen LogP contribution in [0.3, 0.4) is 0 Å². The van der Waals surface area contributed by atoms with Crippen LogP contribution in [0.2, 0.25) is 0 Å². The number of aryl methyl sites for hydroxylation is 1. The number of nitrogens with one attached hydrogen (secondary N) is 1. The number of carbonyl (C=O) groups is 2. The Kier molecular flexibility index (Phi) is 4.69. The predicted molar refractivity (Wildman–Crippen MR) is 102 cm³/mol. The van der Waals surface area contributed by atoms with Crippen molar-refractivity contribution in [1.29, 1.82) is 0 Å². The summed E-state index contributed by atoms with van der Waals surface area (Å²) in [7, 11) is 0. The molecule has 2 aromatic heterocycles. The Bertz CT molecular complexity index is 1120. The van der Waals surface area contributed by atoms with Crippen LogP contribution in [-0.2, 0) is 23.1 Å². The molecule has 30 heavy (non-hydrogen) atoms. The molecule has 156 valence electrons. The molecule has 1 saturated heterocycles. The van der Waals surface area contributed by atoms with Gasteiger partial charge in [0.1, 0.15) is 16.5 Å². The van der Waals surface area contributed by atoms with Gasteiger partial charge in [0.05, 0.1) is 17.8 Å². The van der Waals surface area contributed by atoms with E-state index in [2.05, 4.69) is 10.3 Å². The number of imide groups is 1. The number of urea groups is 1. The van der Waals surface area contributed by atoms with Crippen molar-refractivity contribution in [1.82, 2.24) is 15.2 Å². The molecule has 1 atom stereocenters. The lowest BCUT2D eigenvalue weighted by atomic mass is 9.99. The first-order chi connectivity index (χ1) is 14.1. The highest BCUT2D eigenvalue weighted by Gasteiger charge is 2.51. The van der Waals surface area contributed by atoms with Crippen LogP contribution in [0.4, 0.5) is 18.0 Å². The summed E-state index contributed by atoms with van der Waals surface area (Å²) in [6.07, 6.45) is -4.41. The van der Waals surface area contributed by atoms with Gasteiger partial charge < -0.3 is 9.73 Å². The molecular formula is C20H16F3N3O3S. The van der Waals surface area contributed by atoms with E-state index in [9.17, 15) is 22.8 Å². The van der Waals surface area contributed by atoms with Crippen molar-refractivity contribution in [3.05, 3.63) is 64.6 Å². The second-order valence-corrected chi connectivity index (χ2v) is 7.93. The molecule has 3 amide bonds. The number of hydrogen-bond donors (Lipinski definition) is 1. The highest BCUT2D eigenvalue weighted by Crippen LogP contribution is 2.33. The molecule has 1 aliphatic rings. The van der Waals surface area contributed by atoms with Crippen LogP contribution in [0.15, 0.2) is 46.2 Å². The molecule has 0 radical (unpaired) electrons. The molecule has 1 aliphatic heterocycles. The third-order valence-corrected chi connectivity index (χ3v) is 5.78. The first-order valence-electron chi connectivity index (χ1n) is 8.91. The Morgan fingerprint density at radius 2 is 1.87 bits per heavy atom. The van der Waals surface area contributed by atoms with Gasteiger partial charge in [-0.2, -0.15) is 13.2 Å². The zero-order valence-electron chi connectivity index (χ0n) is 15.9. The average molecular weight is 435 g/mol. The molecule has 6 nitrogen and oxygen atoms in total. The van der Waals surface area contributed by atoms with Gasteiger partial charge in [0.25, 0.3) is 5.91 Å². The summed E-state index contributed by atoms with van der Waals surface area (Å²) >= 11 is 1.22. The monoisotopic (exact) mass is 435 g/mol. The maximum atomic E-state index is 12.9. The first kappa shape index (κ1) is 20.1. The van der Waals surface area contributed by atoms with Crippen molar-refractivity contribution >= 4 is 23.3 Å². The number of furan rings is 1. The standard InChI is InChI=1S/C20H16F3N3O3S/c1-11-3-8-15(29-11)19(2)17(27)26(18(28)25-19)9-14-10-30-16(24-14)12-4-6-13(7-5-12)20(21,22)23/h3-8,10H,9H2,1-2H3,(H,25,28). The van der Waals surface area contributed by atoms with Gasteiger partial charge in [-0.05, 0) is 38.1 Å². The molecular weight excluding hydrogens is 419 g/mol. The largest absolute Gasteiger partial charge is 0.463 e. The number of benzene rings is 1. The van der Waals surface area contributed by atoms with Gasteiger partial charge in [0, 0.05) is 10.9 Å². The Balaban J connectivity index is 1.52. The van der Waals surface area contributed by atoms with Gasteiger partial charge in [-0.15, -0.1) is 11.3 Å². The lowest BCUT2D eigenvalue weighted by Crippen LogP contribution is -2.40. The van der Waals surface area contributed by atoms with Crippen molar-refractivity contribution in [2.24, 2.45) is 0 Å². The molecule has 0 spiro atoms. The topological polar surface area (TPSA) is 75.4 Å². The molecule has 0 bridgehead atoms. The van der Waals surface area contributed by atoms with E-state index < -0.39 is 29.2 Å². The number of aromatic nitrogens is 1. The molecule has 1 fully saturated rings. The highest BCUT2D eigenvalue weighted by molar-refractivity contribution is 7.13. The Morgan fingerprint density at radius 3 is 2.47 bits per heavy atom. The molecule has 1 N–H and O–H groups in total. The van der Waals surface area contributed by atoms with E-state index in [0.29, 0.717) is 27.8 Å². The van der Waals surface area contributed by atoms with E-state index in [1.807, 2.05) is 0 Å². The zero-order chi connectivity index (χ0) is 21.7. The van der Waals surface area contributed by atoms with E-state index in [4.69, 9.17) is 4.42 Å². The molecule has 1 unspecified atom stereocenters. The minimum absolute atomic E-state index is 0.0585. The van der Waals surface area contributed by atoms with Gasteiger partial charge in [-0.25, -0.2) is 9.78 Å². The SMILES string of the molecule is Cc1ccc(C2(C)NC(=O)N(Cc3csc(-c4ccc(C(F)(F)F)cc4)n3)C2=O)o1. The minimum Gasteiger partial charge on any atom is -0.463 e. The number of carbonyl (C=O) groups excluding carboxylic acids is 2. The second kappa shape index (κ2) is 6.98. The van der Waals surface area contributed by atoms with Crippen molar-refractivity contribution in [3.8, 4) is 10.6 Å². The number of alkyl halides is 3. The van der Waals surface area contributed by atoms with Crippen molar-refractivity contribution in [3.63, 3.8) is 0 Å². The van der Waals surface area contributed by atoms with Crippen LogP contribution in [0.1, 0.15) is 29.7 Å². The van der Waals surface area contributed by atoms with E-state index >= 15 is 0 Å². The number of nitrogens with zero attached hydrogens (tertiary/aromatic N) is 2. The van der Waals surface area contributed by atoms with Gasteiger partial charge in [0.2, 0.25) is 0 Å². The maximum Gasteiger partial charge on any atom is 0.416 e. The van der Waals surface area contributed by atoms with Crippen molar-refractivity contribution in [2.75, 3.05) is 0 Å². The number of thiazole rings is 1. The fraction of sp³-hybridized carbons (Fsp3) is 0.250. The minimum atomic E-state index is -4.41. The van der Waals surface area contributed by atoms with Gasteiger partial charge >= 0.3 is 12.2 Å². The summed E-state index contributed by atoms with van der Waals surface area (Å²) in [5.74, 6) is 0.489. The number of hydrogen-bond acceptors (Lipinski definition) is 5.